The summed E-state index contributed by atoms with van der Waals surface area (Å²) in [6.07, 6.45) is 2.59. The van der Waals surface area contributed by atoms with Crippen molar-refractivity contribution in [1.82, 2.24) is 14.9 Å². The lowest BCUT2D eigenvalue weighted by molar-refractivity contribution is 0.0776. The molecule has 1 unspecified atom stereocenters. The first-order valence-electron chi connectivity index (χ1n) is 8.35. The summed E-state index contributed by atoms with van der Waals surface area (Å²) in [5.41, 5.74) is 1.68. The molecule has 1 atom stereocenters. The van der Waals surface area contributed by atoms with Gasteiger partial charge in [0.15, 0.2) is 0 Å². The second-order valence-electron chi connectivity index (χ2n) is 6.26. The molecule has 3 aromatic rings. The fourth-order valence-corrected chi connectivity index (χ4v) is 4.12. The third-order valence-electron chi connectivity index (χ3n) is 4.42. The van der Waals surface area contributed by atoms with Gasteiger partial charge in [-0.25, -0.2) is 4.98 Å². The van der Waals surface area contributed by atoms with E-state index in [4.69, 9.17) is 4.74 Å². The molecule has 1 saturated heterocycles. The van der Waals surface area contributed by atoms with Crippen molar-refractivity contribution in [3.05, 3.63) is 52.1 Å². The van der Waals surface area contributed by atoms with Crippen LogP contribution in [-0.2, 0) is 0 Å². The second kappa shape index (κ2) is 6.44. The van der Waals surface area contributed by atoms with Crippen molar-refractivity contribution in [1.29, 1.82) is 0 Å². The summed E-state index contributed by atoms with van der Waals surface area (Å²) in [5, 5.41) is 1.98. The first-order chi connectivity index (χ1) is 12.1. The smallest absolute Gasteiger partial charge is 0.265 e. The number of carbonyl (C=O) groups excluding carboxylic acids is 1. The molecule has 3 heterocycles. The second-order valence-corrected chi connectivity index (χ2v) is 7.46. The van der Waals surface area contributed by atoms with Gasteiger partial charge in [0.1, 0.15) is 22.2 Å². The molecule has 1 aliphatic heterocycles. The number of hydrogen-bond donors (Lipinski definition) is 0. The van der Waals surface area contributed by atoms with Gasteiger partial charge in [-0.2, -0.15) is 0 Å². The van der Waals surface area contributed by atoms with E-state index in [1.165, 1.54) is 11.3 Å². The number of hydrogen-bond acceptors (Lipinski definition) is 5. The zero-order valence-electron chi connectivity index (χ0n) is 14.2. The molecule has 2 aromatic heterocycles. The number of fused-ring (bicyclic) bond motifs is 1. The van der Waals surface area contributed by atoms with E-state index in [9.17, 15) is 4.79 Å². The van der Waals surface area contributed by atoms with Gasteiger partial charge in [0.25, 0.3) is 5.91 Å². The molecule has 6 heteroatoms. The Balaban J connectivity index is 1.49. The maximum absolute atomic E-state index is 12.7. The molecule has 0 spiro atoms. The number of amides is 1. The lowest BCUT2D eigenvalue weighted by Crippen LogP contribution is -2.30. The third-order valence-corrected chi connectivity index (χ3v) is 5.48. The molecule has 1 fully saturated rings. The Morgan fingerprint density at radius 2 is 2.12 bits per heavy atom. The number of carbonyl (C=O) groups is 1. The zero-order chi connectivity index (χ0) is 17.4. The number of aryl methyl sites for hydroxylation is 2. The maximum Gasteiger partial charge on any atom is 0.265 e. The van der Waals surface area contributed by atoms with Crippen molar-refractivity contribution in [3.63, 3.8) is 0 Å². The van der Waals surface area contributed by atoms with Gasteiger partial charge in [0.05, 0.1) is 17.2 Å². The molecule has 0 aliphatic carbocycles. The highest BCUT2D eigenvalue weighted by Gasteiger charge is 2.30. The topological polar surface area (TPSA) is 55.3 Å². The molecule has 128 valence electrons. The Kier molecular flexibility index (Phi) is 4.13. The van der Waals surface area contributed by atoms with Gasteiger partial charge >= 0.3 is 0 Å². The molecule has 0 N–H and O–H groups in total. The van der Waals surface area contributed by atoms with Crippen LogP contribution < -0.4 is 4.74 Å². The fourth-order valence-electron chi connectivity index (χ4n) is 3.23. The van der Waals surface area contributed by atoms with Crippen molar-refractivity contribution in [3.8, 4) is 5.75 Å². The van der Waals surface area contributed by atoms with E-state index in [-0.39, 0.29) is 12.0 Å². The van der Waals surface area contributed by atoms with Gasteiger partial charge in [0, 0.05) is 24.5 Å². The van der Waals surface area contributed by atoms with E-state index in [0.717, 1.165) is 38.7 Å². The van der Waals surface area contributed by atoms with Gasteiger partial charge in [-0.15, -0.1) is 11.3 Å². The van der Waals surface area contributed by atoms with Crippen LogP contribution in [-0.4, -0.2) is 40.0 Å². The van der Waals surface area contributed by atoms with E-state index in [2.05, 4.69) is 9.97 Å². The standard InChI is InChI=1S/C19H19N3O2S/c1-12-18(25-13(2)21-12)19(23)22-10-8-15(11-22)24-16-7-3-5-14-6-4-9-20-17(14)16/h3-7,9,15H,8,10-11H2,1-2H3. The summed E-state index contributed by atoms with van der Waals surface area (Å²) in [7, 11) is 0. The van der Waals surface area contributed by atoms with Crippen LogP contribution in [0.3, 0.4) is 0 Å². The SMILES string of the molecule is Cc1nc(C)c(C(=O)N2CCC(Oc3cccc4cccnc34)C2)s1. The predicted molar refractivity (Wildman–Crippen MR) is 98.3 cm³/mol. The normalized spacial score (nSPS) is 17.2. The minimum absolute atomic E-state index is 0.00844. The molecular formula is C19H19N3O2S. The van der Waals surface area contributed by atoms with Crippen LogP contribution >= 0.6 is 11.3 Å². The summed E-state index contributed by atoms with van der Waals surface area (Å²) >= 11 is 1.46. The molecule has 0 bridgehead atoms. The van der Waals surface area contributed by atoms with Crippen LogP contribution in [0, 0.1) is 13.8 Å². The lowest BCUT2D eigenvalue weighted by Gasteiger charge is -2.17. The lowest BCUT2D eigenvalue weighted by atomic mass is 10.2. The number of thiazole rings is 1. The van der Waals surface area contributed by atoms with Crippen LogP contribution in [0.1, 0.15) is 26.8 Å². The summed E-state index contributed by atoms with van der Waals surface area (Å²) in [6.45, 7) is 5.12. The van der Waals surface area contributed by atoms with Crippen LogP contribution in [0.4, 0.5) is 0 Å². The summed E-state index contributed by atoms with van der Waals surface area (Å²) in [6, 6.07) is 9.88. The van der Waals surface area contributed by atoms with E-state index in [1.807, 2.05) is 49.1 Å². The number of benzene rings is 1. The minimum Gasteiger partial charge on any atom is -0.486 e. The Hall–Kier alpha value is -2.47. The summed E-state index contributed by atoms with van der Waals surface area (Å²) in [5.74, 6) is 0.840. The number of aromatic nitrogens is 2. The number of nitrogens with zero attached hydrogens (tertiary/aromatic N) is 3. The molecule has 25 heavy (non-hydrogen) atoms. The first kappa shape index (κ1) is 16.0. The molecule has 0 saturated carbocycles. The Bertz CT molecular complexity index is 932. The quantitative estimate of drug-likeness (QED) is 0.722. The number of para-hydroxylation sites is 1. The average molecular weight is 353 g/mol. The van der Waals surface area contributed by atoms with Crippen molar-refractivity contribution >= 4 is 28.1 Å². The van der Waals surface area contributed by atoms with Crippen LogP contribution in [0.25, 0.3) is 10.9 Å². The zero-order valence-corrected chi connectivity index (χ0v) is 15.0. The first-order valence-corrected chi connectivity index (χ1v) is 9.17. The molecule has 1 amide bonds. The number of pyridine rings is 1. The molecule has 4 rings (SSSR count). The van der Waals surface area contributed by atoms with Crippen molar-refractivity contribution in [2.24, 2.45) is 0 Å². The highest BCUT2D eigenvalue weighted by Crippen LogP contribution is 2.27. The summed E-state index contributed by atoms with van der Waals surface area (Å²) < 4.78 is 6.17. The minimum atomic E-state index is -0.00844. The Morgan fingerprint density at radius 3 is 2.92 bits per heavy atom. The van der Waals surface area contributed by atoms with Crippen molar-refractivity contribution in [2.45, 2.75) is 26.4 Å². The summed E-state index contributed by atoms with van der Waals surface area (Å²) in [4.78, 5) is 24.1. The van der Waals surface area contributed by atoms with Gasteiger partial charge in [0.2, 0.25) is 0 Å². The number of ether oxygens (including phenoxy) is 1. The predicted octanol–water partition coefficient (Wildman–Crippen LogP) is 3.60. The Labute approximate surface area is 150 Å². The van der Waals surface area contributed by atoms with Crippen molar-refractivity contribution < 1.29 is 9.53 Å². The molecular weight excluding hydrogens is 334 g/mol. The van der Waals surface area contributed by atoms with Crippen LogP contribution in [0.5, 0.6) is 5.75 Å². The van der Waals surface area contributed by atoms with Gasteiger partial charge in [-0.3, -0.25) is 9.78 Å². The fraction of sp³-hybridized carbons (Fsp3) is 0.316. The Morgan fingerprint density at radius 1 is 1.28 bits per heavy atom. The molecule has 1 aromatic carbocycles. The van der Waals surface area contributed by atoms with Gasteiger partial charge in [-0.05, 0) is 26.0 Å². The van der Waals surface area contributed by atoms with E-state index in [1.54, 1.807) is 6.20 Å². The average Bonchev–Trinajstić information content (AvgIpc) is 3.21. The van der Waals surface area contributed by atoms with Gasteiger partial charge < -0.3 is 9.64 Å². The highest BCUT2D eigenvalue weighted by molar-refractivity contribution is 7.13. The highest BCUT2D eigenvalue weighted by atomic mass is 32.1. The number of rotatable bonds is 3. The monoisotopic (exact) mass is 353 g/mol. The van der Waals surface area contributed by atoms with Crippen LogP contribution in [0.2, 0.25) is 0 Å². The van der Waals surface area contributed by atoms with Gasteiger partial charge in [-0.1, -0.05) is 18.2 Å². The molecule has 1 aliphatic rings. The van der Waals surface area contributed by atoms with E-state index >= 15 is 0 Å². The van der Waals surface area contributed by atoms with Crippen molar-refractivity contribution in [2.75, 3.05) is 13.1 Å². The molecule has 5 nitrogen and oxygen atoms in total. The van der Waals surface area contributed by atoms with E-state index in [0.29, 0.717) is 13.1 Å². The maximum atomic E-state index is 12.7. The largest absolute Gasteiger partial charge is 0.486 e. The molecule has 0 radical (unpaired) electrons. The van der Waals surface area contributed by atoms with E-state index < -0.39 is 0 Å². The third kappa shape index (κ3) is 3.09. The number of likely N-dealkylation sites (tertiary alicyclic amines) is 1. The van der Waals surface area contributed by atoms with Crippen LogP contribution in [0.15, 0.2) is 36.5 Å².